The highest BCUT2D eigenvalue weighted by Crippen LogP contribution is 2.21. The quantitative estimate of drug-likeness (QED) is 0.912. The van der Waals surface area contributed by atoms with E-state index < -0.39 is 0 Å². The Morgan fingerprint density at radius 3 is 3.05 bits per heavy atom. The molecule has 1 aliphatic rings. The van der Waals surface area contributed by atoms with E-state index in [2.05, 4.69) is 10.4 Å². The van der Waals surface area contributed by atoms with E-state index in [-0.39, 0.29) is 10.8 Å². The predicted molar refractivity (Wildman–Crippen MR) is 72.6 cm³/mol. The molecule has 0 bridgehead atoms. The van der Waals surface area contributed by atoms with Crippen LogP contribution in [0.15, 0.2) is 30.6 Å². The summed E-state index contributed by atoms with van der Waals surface area (Å²) in [5.74, 6) is -0.387. The highest BCUT2D eigenvalue weighted by molar-refractivity contribution is 6.31. The Kier molecular flexibility index (Phi) is 3.53. The average Bonchev–Trinajstić information content (AvgIpc) is 3.13. The zero-order chi connectivity index (χ0) is 13.2. The smallest absolute Gasteiger partial charge is 0.142 e. The average molecular weight is 280 g/mol. The van der Waals surface area contributed by atoms with E-state index in [4.69, 9.17) is 11.6 Å². The van der Waals surface area contributed by atoms with Gasteiger partial charge in [-0.15, -0.1) is 0 Å². The Morgan fingerprint density at radius 1 is 1.42 bits per heavy atom. The zero-order valence-electron chi connectivity index (χ0n) is 10.4. The lowest BCUT2D eigenvalue weighted by Gasteiger charge is -2.05. The van der Waals surface area contributed by atoms with Gasteiger partial charge < -0.3 is 5.32 Å². The van der Waals surface area contributed by atoms with Crippen LogP contribution in [-0.4, -0.2) is 15.8 Å². The fraction of sp³-hybridized carbons (Fsp3) is 0.357. The zero-order valence-corrected chi connectivity index (χ0v) is 11.2. The molecule has 1 aliphatic carbocycles. The minimum atomic E-state index is -0.387. The molecular weight excluding hydrogens is 265 g/mol. The molecule has 1 heterocycles. The maximum atomic E-state index is 13.3. The monoisotopic (exact) mass is 279 g/mol. The van der Waals surface area contributed by atoms with Gasteiger partial charge in [-0.05, 0) is 24.5 Å². The van der Waals surface area contributed by atoms with Crippen molar-refractivity contribution in [2.45, 2.75) is 32.0 Å². The van der Waals surface area contributed by atoms with Crippen molar-refractivity contribution >= 4 is 11.6 Å². The lowest BCUT2D eigenvalue weighted by molar-refractivity contribution is 0.619. The molecule has 1 aromatic carbocycles. The van der Waals surface area contributed by atoms with Crippen LogP contribution in [0.2, 0.25) is 5.02 Å². The van der Waals surface area contributed by atoms with E-state index in [9.17, 15) is 4.39 Å². The Balaban J connectivity index is 1.67. The largest absolute Gasteiger partial charge is 0.310 e. The normalized spacial score (nSPS) is 14.8. The fourth-order valence-electron chi connectivity index (χ4n) is 1.98. The summed E-state index contributed by atoms with van der Waals surface area (Å²) in [5, 5.41) is 7.88. The summed E-state index contributed by atoms with van der Waals surface area (Å²) in [5.41, 5.74) is 1.88. The fourth-order valence-corrected chi connectivity index (χ4v) is 2.16. The number of halogens is 2. The molecule has 1 saturated carbocycles. The standard InChI is InChI=1S/C14H15ClFN3/c15-14-11(2-1-3-13(14)16)9-19-8-10(7-18-19)6-17-12-4-5-12/h1-3,7-8,12,17H,4-6,9H2. The SMILES string of the molecule is Fc1cccc(Cn2cc(CNC3CC3)cn2)c1Cl. The van der Waals surface area contributed by atoms with Crippen molar-refractivity contribution in [1.82, 2.24) is 15.1 Å². The first-order chi connectivity index (χ1) is 9.22. The molecule has 100 valence electrons. The van der Waals surface area contributed by atoms with Gasteiger partial charge >= 0.3 is 0 Å². The maximum absolute atomic E-state index is 13.3. The molecule has 1 N–H and O–H groups in total. The highest BCUT2D eigenvalue weighted by Gasteiger charge is 2.20. The second-order valence-electron chi connectivity index (χ2n) is 4.91. The van der Waals surface area contributed by atoms with Gasteiger partial charge in [0.2, 0.25) is 0 Å². The van der Waals surface area contributed by atoms with Gasteiger partial charge in [-0.3, -0.25) is 4.68 Å². The Hall–Kier alpha value is -1.39. The summed E-state index contributed by atoms with van der Waals surface area (Å²) in [6.45, 7) is 1.32. The van der Waals surface area contributed by atoms with Gasteiger partial charge in [-0.25, -0.2) is 4.39 Å². The van der Waals surface area contributed by atoms with E-state index in [1.165, 1.54) is 18.9 Å². The number of hydrogen-bond acceptors (Lipinski definition) is 2. The Bertz CT molecular complexity index is 578. The van der Waals surface area contributed by atoms with E-state index in [0.717, 1.165) is 17.7 Å². The molecule has 0 radical (unpaired) electrons. The van der Waals surface area contributed by atoms with Gasteiger partial charge in [-0.1, -0.05) is 23.7 Å². The molecule has 0 amide bonds. The molecule has 1 aromatic heterocycles. The van der Waals surface area contributed by atoms with Crippen molar-refractivity contribution in [2.75, 3.05) is 0 Å². The molecule has 0 spiro atoms. The summed E-state index contributed by atoms with van der Waals surface area (Å²) >= 11 is 5.93. The summed E-state index contributed by atoms with van der Waals surface area (Å²) in [6.07, 6.45) is 6.35. The van der Waals surface area contributed by atoms with Crippen LogP contribution in [0.4, 0.5) is 4.39 Å². The van der Waals surface area contributed by atoms with Gasteiger partial charge in [0.25, 0.3) is 0 Å². The molecule has 5 heteroatoms. The van der Waals surface area contributed by atoms with Gasteiger partial charge in [0.05, 0.1) is 17.8 Å². The topological polar surface area (TPSA) is 29.9 Å². The van der Waals surface area contributed by atoms with E-state index >= 15 is 0 Å². The summed E-state index contributed by atoms with van der Waals surface area (Å²) in [6, 6.07) is 5.52. The third kappa shape index (κ3) is 3.14. The summed E-state index contributed by atoms with van der Waals surface area (Å²) < 4.78 is 15.1. The minimum Gasteiger partial charge on any atom is -0.310 e. The Morgan fingerprint density at radius 2 is 2.26 bits per heavy atom. The second-order valence-corrected chi connectivity index (χ2v) is 5.29. The van der Waals surface area contributed by atoms with Crippen LogP contribution >= 0.6 is 11.6 Å². The third-order valence-corrected chi connectivity index (χ3v) is 3.65. The van der Waals surface area contributed by atoms with Crippen LogP contribution in [0.5, 0.6) is 0 Å². The first-order valence-corrected chi connectivity index (χ1v) is 6.78. The molecule has 2 aromatic rings. The first-order valence-electron chi connectivity index (χ1n) is 6.40. The molecular formula is C14H15ClFN3. The summed E-state index contributed by atoms with van der Waals surface area (Å²) in [7, 11) is 0. The first kappa shape index (κ1) is 12.6. The predicted octanol–water partition coefficient (Wildman–Crippen LogP) is 2.98. The third-order valence-electron chi connectivity index (χ3n) is 3.22. The number of benzene rings is 1. The van der Waals surface area contributed by atoms with Crippen LogP contribution in [0.3, 0.4) is 0 Å². The molecule has 3 rings (SSSR count). The van der Waals surface area contributed by atoms with Crippen LogP contribution in [0.25, 0.3) is 0 Å². The molecule has 19 heavy (non-hydrogen) atoms. The van der Waals surface area contributed by atoms with Gasteiger partial charge in [-0.2, -0.15) is 5.10 Å². The van der Waals surface area contributed by atoms with E-state index in [1.807, 2.05) is 18.5 Å². The molecule has 0 atom stereocenters. The van der Waals surface area contributed by atoms with Crippen molar-refractivity contribution in [3.8, 4) is 0 Å². The van der Waals surface area contributed by atoms with Crippen molar-refractivity contribution < 1.29 is 4.39 Å². The second kappa shape index (κ2) is 5.31. The van der Waals surface area contributed by atoms with Crippen molar-refractivity contribution in [2.24, 2.45) is 0 Å². The number of nitrogens with one attached hydrogen (secondary N) is 1. The molecule has 3 nitrogen and oxygen atoms in total. The van der Waals surface area contributed by atoms with Gasteiger partial charge in [0, 0.05) is 24.3 Å². The van der Waals surface area contributed by atoms with Gasteiger partial charge in [0.1, 0.15) is 5.82 Å². The Labute approximate surface area is 116 Å². The molecule has 0 unspecified atom stereocenters. The van der Waals surface area contributed by atoms with Crippen LogP contribution < -0.4 is 5.32 Å². The lowest BCUT2D eigenvalue weighted by Crippen LogP contribution is -2.14. The highest BCUT2D eigenvalue weighted by atomic mass is 35.5. The van der Waals surface area contributed by atoms with E-state index in [0.29, 0.717) is 12.6 Å². The van der Waals surface area contributed by atoms with E-state index in [1.54, 1.807) is 10.7 Å². The number of rotatable bonds is 5. The minimum absolute atomic E-state index is 0.177. The van der Waals surface area contributed by atoms with Crippen molar-refractivity contribution in [3.63, 3.8) is 0 Å². The van der Waals surface area contributed by atoms with Crippen LogP contribution in [-0.2, 0) is 13.1 Å². The molecule has 1 fully saturated rings. The van der Waals surface area contributed by atoms with Crippen molar-refractivity contribution in [3.05, 3.63) is 52.6 Å². The number of nitrogens with zero attached hydrogens (tertiary/aromatic N) is 2. The maximum Gasteiger partial charge on any atom is 0.142 e. The summed E-state index contributed by atoms with van der Waals surface area (Å²) in [4.78, 5) is 0. The van der Waals surface area contributed by atoms with Crippen LogP contribution in [0.1, 0.15) is 24.0 Å². The number of hydrogen-bond donors (Lipinski definition) is 1. The van der Waals surface area contributed by atoms with Crippen molar-refractivity contribution in [1.29, 1.82) is 0 Å². The number of aromatic nitrogens is 2. The lowest BCUT2D eigenvalue weighted by atomic mass is 10.2. The van der Waals surface area contributed by atoms with Gasteiger partial charge in [0.15, 0.2) is 0 Å². The molecule has 0 aliphatic heterocycles. The molecule has 0 saturated heterocycles. The van der Waals surface area contributed by atoms with Crippen LogP contribution in [0, 0.1) is 5.82 Å².